The van der Waals surface area contributed by atoms with Crippen LogP contribution in [0.4, 0.5) is 5.69 Å². The standard InChI is InChI=1S/C22H24N2O3S/c1-22(2,3)16-6-8-17(9-7-16)24-21(25)15-5-10-19(20(11-15)26-4)27-12-18-13-28-14-23-18/h5-11,13-14H,12H2,1-4H3,(H,24,25). The summed E-state index contributed by atoms with van der Waals surface area (Å²) in [5.41, 5.74) is 5.15. The van der Waals surface area contributed by atoms with Crippen molar-refractivity contribution < 1.29 is 14.3 Å². The number of thiazole rings is 1. The zero-order valence-electron chi connectivity index (χ0n) is 16.5. The molecule has 1 amide bonds. The van der Waals surface area contributed by atoms with Gasteiger partial charge in [0.25, 0.3) is 5.91 Å². The lowest BCUT2D eigenvalue weighted by molar-refractivity contribution is 0.102. The number of hydrogen-bond donors (Lipinski definition) is 1. The minimum atomic E-state index is -0.201. The Bertz CT molecular complexity index is 929. The number of carbonyl (C=O) groups excluding carboxylic acids is 1. The highest BCUT2D eigenvalue weighted by Gasteiger charge is 2.15. The molecule has 0 bridgehead atoms. The molecule has 6 heteroatoms. The minimum absolute atomic E-state index is 0.0737. The van der Waals surface area contributed by atoms with Crippen molar-refractivity contribution in [3.8, 4) is 11.5 Å². The fraction of sp³-hybridized carbons (Fsp3) is 0.273. The van der Waals surface area contributed by atoms with Gasteiger partial charge in [-0.3, -0.25) is 4.79 Å². The van der Waals surface area contributed by atoms with Crippen molar-refractivity contribution in [3.05, 3.63) is 70.2 Å². The van der Waals surface area contributed by atoms with E-state index in [1.807, 2.05) is 29.6 Å². The van der Waals surface area contributed by atoms with E-state index >= 15 is 0 Å². The van der Waals surface area contributed by atoms with E-state index in [-0.39, 0.29) is 11.3 Å². The van der Waals surface area contributed by atoms with Crippen molar-refractivity contribution in [2.75, 3.05) is 12.4 Å². The average Bonchev–Trinajstić information content (AvgIpc) is 3.19. The third kappa shape index (κ3) is 4.89. The Hall–Kier alpha value is -2.86. The van der Waals surface area contributed by atoms with E-state index in [9.17, 15) is 4.79 Å². The maximum absolute atomic E-state index is 12.6. The number of anilines is 1. The highest BCUT2D eigenvalue weighted by atomic mass is 32.1. The Kier molecular flexibility index (Phi) is 5.99. The molecule has 0 fully saturated rings. The van der Waals surface area contributed by atoms with Gasteiger partial charge in [0.15, 0.2) is 11.5 Å². The van der Waals surface area contributed by atoms with Crippen molar-refractivity contribution in [2.45, 2.75) is 32.8 Å². The van der Waals surface area contributed by atoms with Gasteiger partial charge in [-0.05, 0) is 41.3 Å². The van der Waals surface area contributed by atoms with Gasteiger partial charge in [0.1, 0.15) is 6.61 Å². The number of nitrogens with zero attached hydrogens (tertiary/aromatic N) is 1. The van der Waals surface area contributed by atoms with Crippen LogP contribution in [-0.2, 0) is 12.0 Å². The van der Waals surface area contributed by atoms with Crippen molar-refractivity contribution in [1.82, 2.24) is 4.98 Å². The van der Waals surface area contributed by atoms with Crippen molar-refractivity contribution in [2.24, 2.45) is 0 Å². The van der Waals surface area contributed by atoms with E-state index in [0.29, 0.717) is 23.7 Å². The Labute approximate surface area is 169 Å². The number of carbonyl (C=O) groups is 1. The zero-order valence-corrected chi connectivity index (χ0v) is 17.3. The summed E-state index contributed by atoms with van der Waals surface area (Å²) in [7, 11) is 1.55. The second-order valence-corrected chi connectivity index (χ2v) is 8.13. The number of aromatic nitrogens is 1. The summed E-state index contributed by atoms with van der Waals surface area (Å²) in [4.78, 5) is 16.8. The Morgan fingerprint density at radius 1 is 1.11 bits per heavy atom. The maximum Gasteiger partial charge on any atom is 0.255 e. The van der Waals surface area contributed by atoms with Gasteiger partial charge in [-0.25, -0.2) is 4.98 Å². The van der Waals surface area contributed by atoms with Crippen molar-refractivity contribution >= 4 is 22.9 Å². The molecule has 0 radical (unpaired) electrons. The molecule has 3 aromatic rings. The predicted molar refractivity (Wildman–Crippen MR) is 113 cm³/mol. The second kappa shape index (κ2) is 8.44. The molecule has 1 heterocycles. The monoisotopic (exact) mass is 396 g/mol. The van der Waals surface area contributed by atoms with Gasteiger partial charge in [0.05, 0.1) is 18.3 Å². The van der Waals surface area contributed by atoms with Gasteiger partial charge >= 0.3 is 0 Å². The molecule has 1 N–H and O–H groups in total. The Morgan fingerprint density at radius 3 is 2.46 bits per heavy atom. The summed E-state index contributed by atoms with van der Waals surface area (Å²) >= 11 is 1.52. The number of benzene rings is 2. The van der Waals surface area contributed by atoms with Gasteiger partial charge in [-0.2, -0.15) is 0 Å². The third-order valence-corrected chi connectivity index (χ3v) is 4.93. The van der Waals surface area contributed by atoms with Crippen LogP contribution in [0.15, 0.2) is 53.4 Å². The molecule has 0 atom stereocenters. The number of amides is 1. The molecular formula is C22H24N2O3S. The van der Waals surface area contributed by atoms with Gasteiger partial charge in [-0.15, -0.1) is 11.3 Å². The molecule has 0 saturated carbocycles. The Morgan fingerprint density at radius 2 is 1.86 bits per heavy atom. The van der Waals surface area contributed by atoms with Crippen LogP contribution in [0.2, 0.25) is 0 Å². The average molecular weight is 397 g/mol. The van der Waals surface area contributed by atoms with Crippen LogP contribution < -0.4 is 14.8 Å². The maximum atomic E-state index is 12.6. The normalized spacial score (nSPS) is 11.1. The van der Waals surface area contributed by atoms with Gasteiger partial charge in [0.2, 0.25) is 0 Å². The highest BCUT2D eigenvalue weighted by Crippen LogP contribution is 2.29. The van der Waals surface area contributed by atoms with Crippen molar-refractivity contribution in [1.29, 1.82) is 0 Å². The molecule has 2 aromatic carbocycles. The van der Waals surface area contributed by atoms with Crippen LogP contribution >= 0.6 is 11.3 Å². The molecule has 0 saturated heterocycles. The van der Waals surface area contributed by atoms with E-state index in [4.69, 9.17) is 9.47 Å². The van der Waals surface area contributed by atoms with Crippen LogP contribution in [0.5, 0.6) is 11.5 Å². The third-order valence-electron chi connectivity index (χ3n) is 4.29. The molecule has 0 aliphatic heterocycles. The number of rotatable bonds is 6. The lowest BCUT2D eigenvalue weighted by atomic mass is 9.87. The van der Waals surface area contributed by atoms with E-state index in [1.165, 1.54) is 16.9 Å². The number of nitrogens with one attached hydrogen (secondary N) is 1. The molecular weight excluding hydrogens is 372 g/mol. The van der Waals surface area contributed by atoms with E-state index in [0.717, 1.165) is 11.4 Å². The van der Waals surface area contributed by atoms with Crippen LogP contribution in [0.1, 0.15) is 42.4 Å². The number of methoxy groups -OCH3 is 1. The largest absolute Gasteiger partial charge is 0.493 e. The molecule has 0 aliphatic carbocycles. The molecule has 5 nitrogen and oxygen atoms in total. The first-order valence-corrected chi connectivity index (χ1v) is 9.91. The fourth-order valence-electron chi connectivity index (χ4n) is 2.65. The van der Waals surface area contributed by atoms with Gasteiger partial charge in [-0.1, -0.05) is 32.9 Å². The lowest BCUT2D eigenvalue weighted by Crippen LogP contribution is -2.14. The molecule has 3 rings (SSSR count). The van der Waals surface area contributed by atoms with Crippen LogP contribution in [0.3, 0.4) is 0 Å². The van der Waals surface area contributed by atoms with Gasteiger partial charge < -0.3 is 14.8 Å². The zero-order chi connectivity index (χ0) is 20.1. The highest BCUT2D eigenvalue weighted by molar-refractivity contribution is 7.07. The van der Waals surface area contributed by atoms with Gasteiger partial charge in [0, 0.05) is 16.6 Å². The van der Waals surface area contributed by atoms with Crippen LogP contribution in [0.25, 0.3) is 0 Å². The smallest absolute Gasteiger partial charge is 0.255 e. The molecule has 0 spiro atoms. The summed E-state index contributed by atoms with van der Waals surface area (Å²) in [6.07, 6.45) is 0. The van der Waals surface area contributed by atoms with E-state index in [2.05, 4.69) is 31.1 Å². The van der Waals surface area contributed by atoms with E-state index < -0.39 is 0 Å². The summed E-state index contributed by atoms with van der Waals surface area (Å²) in [5.74, 6) is 0.875. The fourth-order valence-corrected chi connectivity index (χ4v) is 3.19. The first kappa shape index (κ1) is 19.9. The molecule has 28 heavy (non-hydrogen) atoms. The van der Waals surface area contributed by atoms with Crippen molar-refractivity contribution in [3.63, 3.8) is 0 Å². The molecule has 0 aliphatic rings. The van der Waals surface area contributed by atoms with E-state index in [1.54, 1.807) is 30.8 Å². The quantitative estimate of drug-likeness (QED) is 0.616. The summed E-state index contributed by atoms with van der Waals surface area (Å²) in [5, 5.41) is 4.85. The first-order valence-electron chi connectivity index (χ1n) is 8.96. The molecule has 0 unspecified atom stereocenters. The Balaban J connectivity index is 1.69. The summed E-state index contributed by atoms with van der Waals surface area (Å²) in [6, 6.07) is 13.0. The lowest BCUT2D eigenvalue weighted by Gasteiger charge is -2.19. The second-order valence-electron chi connectivity index (χ2n) is 7.42. The molecule has 1 aromatic heterocycles. The topological polar surface area (TPSA) is 60.5 Å². The minimum Gasteiger partial charge on any atom is -0.493 e. The summed E-state index contributed by atoms with van der Waals surface area (Å²) < 4.78 is 11.1. The summed E-state index contributed by atoms with van der Waals surface area (Å²) in [6.45, 7) is 6.83. The number of ether oxygens (including phenoxy) is 2. The predicted octanol–water partition coefficient (Wildman–Crippen LogP) is 5.28. The first-order chi connectivity index (χ1) is 13.4. The number of hydrogen-bond acceptors (Lipinski definition) is 5. The SMILES string of the molecule is COc1cc(C(=O)Nc2ccc(C(C)(C)C)cc2)ccc1OCc1cscn1. The van der Waals surface area contributed by atoms with Crippen LogP contribution in [0, 0.1) is 0 Å². The van der Waals surface area contributed by atoms with Crippen LogP contribution in [-0.4, -0.2) is 18.0 Å². The molecule has 146 valence electrons.